The van der Waals surface area contributed by atoms with E-state index in [-0.39, 0.29) is 30.0 Å². The molecule has 2 aliphatic rings. The van der Waals surface area contributed by atoms with Gasteiger partial charge in [0.25, 0.3) is 0 Å². The average molecular weight is 522 g/mol. The van der Waals surface area contributed by atoms with Crippen LogP contribution >= 0.6 is 11.8 Å². The first-order chi connectivity index (χ1) is 16.7. The lowest BCUT2D eigenvalue weighted by molar-refractivity contribution is -0.133. The molecule has 2 heterocycles. The highest BCUT2D eigenvalue weighted by atomic mass is 32.2. The largest absolute Gasteiger partial charge is 0.446 e. The number of amides is 1. The molecule has 198 valence electrons. The van der Waals surface area contributed by atoms with Gasteiger partial charge in [0.05, 0.1) is 0 Å². The molecule has 4 rings (SSSR count). The van der Waals surface area contributed by atoms with Crippen molar-refractivity contribution in [2.75, 3.05) is 50.7 Å². The summed E-state index contributed by atoms with van der Waals surface area (Å²) in [5.41, 5.74) is -0.703. The molecular formula is C28H38F3N3OS. The van der Waals surface area contributed by atoms with Crippen molar-refractivity contribution in [3.8, 4) is 0 Å². The number of alkyl halides is 3. The molecule has 2 fully saturated rings. The van der Waals surface area contributed by atoms with Crippen LogP contribution in [0.1, 0.15) is 37.8 Å². The maximum Gasteiger partial charge on any atom is 0.446 e. The molecule has 4 nitrogen and oxygen atoms in total. The Kier molecular flexibility index (Phi) is 10.1. The minimum absolute atomic E-state index is 0. The lowest BCUT2D eigenvalue weighted by atomic mass is 9.91. The number of rotatable bonds is 7. The van der Waals surface area contributed by atoms with E-state index in [0.717, 1.165) is 70.6 Å². The number of hydrogen-bond donors (Lipinski definition) is 0. The fourth-order valence-electron chi connectivity index (χ4n) is 5.02. The smallest absolute Gasteiger partial charge is 0.369 e. The van der Waals surface area contributed by atoms with E-state index in [1.807, 2.05) is 4.90 Å². The zero-order valence-corrected chi connectivity index (χ0v) is 21.1. The zero-order chi connectivity index (χ0) is 24.8. The van der Waals surface area contributed by atoms with Crippen LogP contribution in [0.4, 0.5) is 18.9 Å². The first kappa shape index (κ1) is 28.4. The van der Waals surface area contributed by atoms with Crippen LogP contribution in [-0.4, -0.2) is 67.0 Å². The number of carbonyl (C=O) groups excluding carboxylic acids is 1. The number of nitrogens with zero attached hydrogens (tertiary/aromatic N) is 3. The summed E-state index contributed by atoms with van der Waals surface area (Å²) in [7, 11) is 0. The number of aryl methyl sites for hydroxylation is 1. The summed E-state index contributed by atoms with van der Waals surface area (Å²) >= 11 is -0.0832. The Labute approximate surface area is 217 Å². The van der Waals surface area contributed by atoms with Crippen LogP contribution in [0.3, 0.4) is 0 Å². The monoisotopic (exact) mass is 521 g/mol. The minimum atomic E-state index is -4.26. The molecule has 2 aromatic carbocycles. The van der Waals surface area contributed by atoms with Crippen LogP contribution in [0.5, 0.6) is 0 Å². The standard InChI is InChI=1S/C27H34F3N3OS.CH4/c1-21-4-8-24(9-5-21)32-17-15-31(16-18-32)14-12-26(34)33-13-2-3-23(20-33)19-22-6-10-25(11-7-22)35-27(28,29)30;/h4-11,23H,2-3,12-20H2,1H3;1H4/t23-;/m1./s1. The van der Waals surface area contributed by atoms with Gasteiger partial charge < -0.3 is 9.80 Å². The molecule has 0 radical (unpaired) electrons. The van der Waals surface area contributed by atoms with E-state index in [0.29, 0.717) is 12.3 Å². The maximum atomic E-state index is 12.9. The van der Waals surface area contributed by atoms with Crippen molar-refractivity contribution in [1.82, 2.24) is 9.80 Å². The van der Waals surface area contributed by atoms with Crippen LogP contribution in [0.15, 0.2) is 53.4 Å². The van der Waals surface area contributed by atoms with Gasteiger partial charge in [0.15, 0.2) is 0 Å². The van der Waals surface area contributed by atoms with E-state index in [1.165, 1.54) is 23.4 Å². The third kappa shape index (κ3) is 8.44. The van der Waals surface area contributed by atoms with Gasteiger partial charge in [-0.25, -0.2) is 0 Å². The number of benzene rings is 2. The molecule has 0 aromatic heterocycles. The Bertz CT molecular complexity index is 958. The van der Waals surface area contributed by atoms with Gasteiger partial charge in [0.1, 0.15) is 0 Å². The van der Waals surface area contributed by atoms with Gasteiger partial charge in [-0.05, 0) is 73.7 Å². The van der Waals surface area contributed by atoms with Crippen molar-refractivity contribution < 1.29 is 18.0 Å². The summed E-state index contributed by atoms with van der Waals surface area (Å²) in [5.74, 6) is 0.569. The molecule has 2 aliphatic heterocycles. The highest BCUT2D eigenvalue weighted by Crippen LogP contribution is 2.37. The summed E-state index contributed by atoms with van der Waals surface area (Å²) < 4.78 is 37.6. The molecule has 0 saturated carbocycles. The lowest BCUT2D eigenvalue weighted by Gasteiger charge is -2.37. The van der Waals surface area contributed by atoms with Crippen molar-refractivity contribution >= 4 is 23.4 Å². The Morgan fingerprint density at radius 3 is 2.28 bits per heavy atom. The predicted octanol–water partition coefficient (Wildman–Crippen LogP) is 6.24. The van der Waals surface area contributed by atoms with Gasteiger partial charge in [0, 0.05) is 62.8 Å². The minimum Gasteiger partial charge on any atom is -0.369 e. The van der Waals surface area contributed by atoms with Crippen molar-refractivity contribution in [2.45, 2.75) is 50.4 Å². The van der Waals surface area contributed by atoms with E-state index < -0.39 is 5.51 Å². The van der Waals surface area contributed by atoms with Crippen molar-refractivity contribution in [3.63, 3.8) is 0 Å². The van der Waals surface area contributed by atoms with Gasteiger partial charge in [0.2, 0.25) is 5.91 Å². The molecule has 0 aliphatic carbocycles. The molecule has 0 N–H and O–H groups in total. The van der Waals surface area contributed by atoms with Gasteiger partial charge in [-0.2, -0.15) is 13.2 Å². The molecular weight excluding hydrogens is 483 g/mol. The fourth-order valence-corrected chi connectivity index (χ4v) is 5.56. The summed E-state index contributed by atoms with van der Waals surface area (Å²) in [6.45, 7) is 8.31. The Balaban J connectivity index is 0.00000361. The maximum absolute atomic E-state index is 12.9. The number of carbonyl (C=O) groups is 1. The first-order valence-electron chi connectivity index (χ1n) is 12.4. The highest BCUT2D eigenvalue weighted by Gasteiger charge is 2.29. The van der Waals surface area contributed by atoms with E-state index in [9.17, 15) is 18.0 Å². The fraction of sp³-hybridized carbons (Fsp3) is 0.536. The quantitative estimate of drug-likeness (QED) is 0.403. The molecule has 0 bridgehead atoms. The first-order valence-corrected chi connectivity index (χ1v) is 13.2. The number of likely N-dealkylation sites (tertiary alicyclic amines) is 1. The molecule has 0 spiro atoms. The molecule has 2 saturated heterocycles. The van der Waals surface area contributed by atoms with Crippen LogP contribution in [0.25, 0.3) is 0 Å². The molecule has 1 atom stereocenters. The van der Waals surface area contributed by atoms with E-state index in [2.05, 4.69) is 41.0 Å². The van der Waals surface area contributed by atoms with Gasteiger partial charge in [-0.1, -0.05) is 37.3 Å². The summed E-state index contributed by atoms with van der Waals surface area (Å²) in [5, 5.41) is 0. The second-order valence-corrected chi connectivity index (χ2v) is 10.8. The third-order valence-corrected chi connectivity index (χ3v) is 7.71. The average Bonchev–Trinajstić information content (AvgIpc) is 2.84. The summed E-state index contributed by atoms with van der Waals surface area (Å²) in [6.07, 6.45) is 3.36. The highest BCUT2D eigenvalue weighted by molar-refractivity contribution is 8.00. The molecule has 36 heavy (non-hydrogen) atoms. The summed E-state index contributed by atoms with van der Waals surface area (Å²) in [4.78, 5) is 19.9. The van der Waals surface area contributed by atoms with Crippen LogP contribution in [0.2, 0.25) is 0 Å². The number of halogens is 3. The topological polar surface area (TPSA) is 26.8 Å². The van der Waals surface area contributed by atoms with Gasteiger partial charge in [-0.3, -0.25) is 9.69 Å². The van der Waals surface area contributed by atoms with E-state index in [1.54, 1.807) is 12.1 Å². The van der Waals surface area contributed by atoms with Crippen molar-refractivity contribution in [1.29, 1.82) is 0 Å². The second-order valence-electron chi connectivity index (χ2n) is 9.66. The van der Waals surface area contributed by atoms with E-state index in [4.69, 9.17) is 0 Å². The second kappa shape index (κ2) is 12.9. The van der Waals surface area contributed by atoms with Crippen molar-refractivity contribution in [3.05, 3.63) is 59.7 Å². The zero-order valence-electron chi connectivity index (χ0n) is 20.3. The Morgan fingerprint density at radius 2 is 1.64 bits per heavy atom. The number of piperidine rings is 1. The normalized spacial score (nSPS) is 19.2. The van der Waals surface area contributed by atoms with Gasteiger partial charge >= 0.3 is 5.51 Å². The predicted molar refractivity (Wildman–Crippen MR) is 143 cm³/mol. The molecule has 8 heteroatoms. The van der Waals surface area contributed by atoms with Crippen LogP contribution in [-0.2, 0) is 11.2 Å². The number of hydrogen-bond acceptors (Lipinski definition) is 4. The number of thioether (sulfide) groups is 1. The van der Waals surface area contributed by atoms with Crippen LogP contribution in [0, 0.1) is 12.8 Å². The van der Waals surface area contributed by atoms with E-state index >= 15 is 0 Å². The SMILES string of the molecule is C.Cc1ccc(N2CCN(CCC(=O)N3CCC[C@H](Cc4ccc(SC(F)(F)F)cc4)C3)CC2)cc1. The molecule has 1 amide bonds. The lowest BCUT2D eigenvalue weighted by Crippen LogP contribution is -2.48. The number of piperazine rings is 1. The van der Waals surface area contributed by atoms with Crippen LogP contribution < -0.4 is 4.90 Å². The number of anilines is 1. The molecule has 0 unspecified atom stereocenters. The Hall–Kier alpha value is -2.19. The van der Waals surface area contributed by atoms with Crippen molar-refractivity contribution in [2.24, 2.45) is 5.92 Å². The van der Waals surface area contributed by atoms with Gasteiger partial charge in [-0.15, -0.1) is 0 Å². The molecule has 2 aromatic rings. The third-order valence-electron chi connectivity index (χ3n) is 6.97. The summed E-state index contributed by atoms with van der Waals surface area (Å²) in [6, 6.07) is 15.3. The Morgan fingerprint density at radius 1 is 0.972 bits per heavy atom.